The summed E-state index contributed by atoms with van der Waals surface area (Å²) in [6.07, 6.45) is 3.51. The molecule has 3 heterocycles. The molecule has 1 aromatic carbocycles. The quantitative estimate of drug-likeness (QED) is 0.682. The number of furan rings is 1. The molecular formula is C24H28N2O4. The van der Waals surface area contributed by atoms with Gasteiger partial charge in [0.1, 0.15) is 17.1 Å². The molecule has 158 valence electrons. The van der Waals surface area contributed by atoms with E-state index in [-0.39, 0.29) is 17.2 Å². The average Bonchev–Trinajstić information content (AvgIpc) is 3.14. The smallest absolute Gasteiger partial charge is 0.287 e. The monoisotopic (exact) mass is 408 g/mol. The summed E-state index contributed by atoms with van der Waals surface area (Å²) in [5, 5.41) is 3.47. The maximum absolute atomic E-state index is 12.8. The van der Waals surface area contributed by atoms with Crippen LogP contribution in [0.2, 0.25) is 0 Å². The largest absolute Gasteiger partial charge is 0.465 e. The van der Waals surface area contributed by atoms with Crippen molar-refractivity contribution in [3.63, 3.8) is 0 Å². The zero-order chi connectivity index (χ0) is 21.3. The molecule has 1 atom stereocenters. The number of carbonyl (C=O) groups excluding carboxylic acids is 1. The molecule has 0 radical (unpaired) electrons. The van der Waals surface area contributed by atoms with Crippen LogP contribution in [0.3, 0.4) is 0 Å². The highest BCUT2D eigenvalue weighted by Crippen LogP contribution is 2.26. The molecule has 6 nitrogen and oxygen atoms in total. The molecule has 0 bridgehead atoms. The van der Waals surface area contributed by atoms with Crippen LogP contribution in [0.15, 0.2) is 44.0 Å². The molecular weight excluding hydrogens is 380 g/mol. The van der Waals surface area contributed by atoms with Crippen molar-refractivity contribution in [3.05, 3.63) is 69.0 Å². The van der Waals surface area contributed by atoms with E-state index in [1.165, 1.54) is 12.5 Å². The first-order valence-electron chi connectivity index (χ1n) is 10.6. The summed E-state index contributed by atoms with van der Waals surface area (Å²) in [6.45, 7) is 8.07. The Morgan fingerprint density at radius 1 is 1.07 bits per heavy atom. The first-order valence-corrected chi connectivity index (χ1v) is 10.6. The topological polar surface area (TPSA) is 75.7 Å². The second-order valence-corrected chi connectivity index (χ2v) is 8.20. The van der Waals surface area contributed by atoms with Crippen LogP contribution in [0.4, 0.5) is 0 Å². The fourth-order valence-electron chi connectivity index (χ4n) is 4.32. The van der Waals surface area contributed by atoms with E-state index in [0.29, 0.717) is 17.5 Å². The number of nitrogens with zero attached hydrogens (tertiary/aromatic N) is 1. The Morgan fingerprint density at radius 3 is 2.53 bits per heavy atom. The van der Waals surface area contributed by atoms with Gasteiger partial charge in [-0.25, -0.2) is 0 Å². The van der Waals surface area contributed by atoms with Crippen LogP contribution in [-0.4, -0.2) is 30.4 Å². The SMILES string of the molecule is Cc1cc(C)c2c(=O)cc(C(=O)NCC(c3ccc(C)o3)N3CCCCC3)oc2c1. The standard InChI is InChI=1S/C24H28N2O4/c1-15-11-16(2)23-19(27)13-22(30-21(23)12-15)24(28)25-14-18(20-8-7-17(3)29-20)26-9-5-4-6-10-26/h7-8,11-13,18H,4-6,9-10,14H2,1-3H3,(H,25,28). The molecule has 1 aliphatic heterocycles. The summed E-state index contributed by atoms with van der Waals surface area (Å²) in [7, 11) is 0. The average molecular weight is 408 g/mol. The second kappa shape index (κ2) is 8.48. The van der Waals surface area contributed by atoms with Gasteiger partial charge in [0.05, 0.1) is 11.4 Å². The Kier molecular flexibility index (Phi) is 5.77. The van der Waals surface area contributed by atoms with Gasteiger partial charge in [-0.1, -0.05) is 12.5 Å². The molecule has 1 amide bonds. The van der Waals surface area contributed by atoms with E-state index in [0.717, 1.165) is 48.6 Å². The number of amides is 1. The minimum atomic E-state index is -0.390. The van der Waals surface area contributed by atoms with Crippen molar-refractivity contribution >= 4 is 16.9 Å². The second-order valence-electron chi connectivity index (χ2n) is 8.20. The number of piperidine rings is 1. The number of benzene rings is 1. The molecule has 3 aromatic rings. The van der Waals surface area contributed by atoms with Gasteiger partial charge in [0.2, 0.25) is 0 Å². The van der Waals surface area contributed by atoms with Crippen LogP contribution in [0.1, 0.15) is 58.5 Å². The van der Waals surface area contributed by atoms with Gasteiger partial charge in [0.15, 0.2) is 11.2 Å². The van der Waals surface area contributed by atoms with Crippen LogP contribution in [-0.2, 0) is 0 Å². The molecule has 6 heteroatoms. The third-order valence-corrected chi connectivity index (χ3v) is 5.77. The van der Waals surface area contributed by atoms with Gasteiger partial charge in [-0.15, -0.1) is 0 Å². The zero-order valence-electron chi connectivity index (χ0n) is 17.8. The molecule has 1 fully saturated rings. The molecule has 1 N–H and O–H groups in total. The van der Waals surface area contributed by atoms with Crippen molar-refractivity contribution in [2.45, 2.75) is 46.1 Å². The van der Waals surface area contributed by atoms with Crippen molar-refractivity contribution in [1.29, 1.82) is 0 Å². The van der Waals surface area contributed by atoms with Gasteiger partial charge < -0.3 is 14.2 Å². The predicted molar refractivity (Wildman–Crippen MR) is 116 cm³/mol. The lowest BCUT2D eigenvalue weighted by Crippen LogP contribution is -2.40. The number of likely N-dealkylation sites (tertiary alicyclic amines) is 1. The Hall–Kier alpha value is -2.86. The van der Waals surface area contributed by atoms with E-state index >= 15 is 0 Å². The predicted octanol–water partition coefficient (Wildman–Crippen LogP) is 4.27. The number of fused-ring (bicyclic) bond motifs is 1. The van der Waals surface area contributed by atoms with E-state index in [9.17, 15) is 9.59 Å². The first-order chi connectivity index (χ1) is 14.4. The highest BCUT2D eigenvalue weighted by molar-refractivity contribution is 5.93. The Morgan fingerprint density at radius 2 is 1.83 bits per heavy atom. The van der Waals surface area contributed by atoms with Gasteiger partial charge >= 0.3 is 0 Å². The lowest BCUT2D eigenvalue weighted by atomic mass is 10.1. The normalized spacial score (nSPS) is 16.0. The molecule has 4 rings (SSSR count). The number of hydrogen-bond donors (Lipinski definition) is 1. The van der Waals surface area contributed by atoms with Crippen LogP contribution in [0, 0.1) is 20.8 Å². The summed E-state index contributed by atoms with van der Waals surface area (Å²) in [5.74, 6) is 1.34. The van der Waals surface area contributed by atoms with E-state index in [1.54, 1.807) is 6.07 Å². The van der Waals surface area contributed by atoms with Crippen LogP contribution in [0.5, 0.6) is 0 Å². The number of nitrogens with one attached hydrogen (secondary N) is 1. The number of carbonyl (C=O) groups is 1. The van der Waals surface area contributed by atoms with Crippen molar-refractivity contribution < 1.29 is 13.6 Å². The van der Waals surface area contributed by atoms with Crippen molar-refractivity contribution in [1.82, 2.24) is 10.2 Å². The van der Waals surface area contributed by atoms with Gasteiger partial charge in [-0.2, -0.15) is 0 Å². The summed E-state index contributed by atoms with van der Waals surface area (Å²) in [5.41, 5.74) is 2.08. The highest BCUT2D eigenvalue weighted by atomic mass is 16.3. The molecule has 30 heavy (non-hydrogen) atoms. The third-order valence-electron chi connectivity index (χ3n) is 5.77. The molecule has 1 unspecified atom stereocenters. The van der Waals surface area contributed by atoms with Crippen LogP contribution in [0.25, 0.3) is 11.0 Å². The summed E-state index contributed by atoms with van der Waals surface area (Å²) >= 11 is 0. The van der Waals surface area contributed by atoms with Crippen molar-refractivity contribution in [3.8, 4) is 0 Å². The lowest BCUT2D eigenvalue weighted by Gasteiger charge is -2.33. The molecule has 2 aromatic heterocycles. The molecule has 1 saturated heterocycles. The third kappa shape index (κ3) is 4.19. The summed E-state index contributed by atoms with van der Waals surface area (Å²) in [6, 6.07) is 8.90. The molecule has 1 aliphatic rings. The van der Waals surface area contributed by atoms with E-state index in [2.05, 4.69) is 10.2 Å². The Balaban J connectivity index is 1.56. The van der Waals surface area contributed by atoms with E-state index < -0.39 is 5.91 Å². The fourth-order valence-corrected chi connectivity index (χ4v) is 4.32. The minimum Gasteiger partial charge on any atom is -0.465 e. The van der Waals surface area contributed by atoms with Gasteiger partial charge in [0.25, 0.3) is 5.91 Å². The molecule has 0 spiro atoms. The van der Waals surface area contributed by atoms with Crippen LogP contribution >= 0.6 is 0 Å². The van der Waals surface area contributed by atoms with Crippen molar-refractivity contribution in [2.75, 3.05) is 19.6 Å². The number of aryl methyl sites for hydroxylation is 3. The van der Waals surface area contributed by atoms with Crippen molar-refractivity contribution in [2.24, 2.45) is 0 Å². The van der Waals surface area contributed by atoms with E-state index in [1.807, 2.05) is 39.0 Å². The fraction of sp³-hybridized carbons (Fsp3) is 0.417. The summed E-state index contributed by atoms with van der Waals surface area (Å²) < 4.78 is 11.7. The lowest BCUT2D eigenvalue weighted by molar-refractivity contribution is 0.0887. The first kappa shape index (κ1) is 20.4. The Labute approximate surface area is 175 Å². The van der Waals surface area contributed by atoms with Crippen LogP contribution < -0.4 is 10.7 Å². The minimum absolute atomic E-state index is 0.0329. The van der Waals surface area contributed by atoms with Gasteiger partial charge in [0, 0.05) is 12.6 Å². The zero-order valence-corrected chi connectivity index (χ0v) is 17.8. The van der Waals surface area contributed by atoms with Gasteiger partial charge in [-0.05, 0) is 76.0 Å². The maximum atomic E-state index is 12.8. The van der Waals surface area contributed by atoms with E-state index in [4.69, 9.17) is 8.83 Å². The number of hydrogen-bond acceptors (Lipinski definition) is 5. The van der Waals surface area contributed by atoms with Gasteiger partial charge in [-0.3, -0.25) is 14.5 Å². The number of rotatable bonds is 5. The summed E-state index contributed by atoms with van der Waals surface area (Å²) in [4.78, 5) is 27.8. The molecule has 0 aliphatic carbocycles. The molecule has 0 saturated carbocycles. The highest BCUT2D eigenvalue weighted by Gasteiger charge is 2.26. The maximum Gasteiger partial charge on any atom is 0.287 e. The Bertz CT molecular complexity index is 1120.